The first-order chi connectivity index (χ1) is 19.5. The van der Waals surface area contributed by atoms with Crippen molar-refractivity contribution in [2.75, 3.05) is 23.3 Å². The Morgan fingerprint density at radius 2 is 1.70 bits per heavy atom. The number of hydrogen-bond acceptors (Lipinski definition) is 6. The zero-order valence-electron chi connectivity index (χ0n) is 22.2. The molecule has 1 saturated heterocycles. The van der Waals surface area contributed by atoms with Crippen molar-refractivity contribution in [1.82, 2.24) is 14.8 Å². The van der Waals surface area contributed by atoms with Gasteiger partial charge in [0.05, 0.1) is 40.6 Å². The van der Waals surface area contributed by atoms with Crippen LogP contribution in [-0.4, -0.2) is 45.8 Å². The highest BCUT2D eigenvalue weighted by Crippen LogP contribution is 2.45. The SMILES string of the molecule is Cc1c(C(=O)Nc2cnc(N3CCC(OC(=O)c4ccccc4)CC3)c(C3CC3)c2)cnn1-c1ccc(Cl)cc1. The van der Waals surface area contributed by atoms with Crippen molar-refractivity contribution in [3.05, 3.63) is 100 Å². The van der Waals surface area contributed by atoms with Crippen LogP contribution in [0.3, 0.4) is 0 Å². The van der Waals surface area contributed by atoms with Crippen molar-refractivity contribution in [3.8, 4) is 5.69 Å². The van der Waals surface area contributed by atoms with Gasteiger partial charge in [-0.15, -0.1) is 0 Å². The molecular formula is C31H30ClN5O3. The highest BCUT2D eigenvalue weighted by molar-refractivity contribution is 6.30. The van der Waals surface area contributed by atoms with Crippen LogP contribution in [0.5, 0.6) is 0 Å². The van der Waals surface area contributed by atoms with Crippen LogP contribution in [0.4, 0.5) is 11.5 Å². The Labute approximate surface area is 237 Å². The molecule has 2 aromatic carbocycles. The summed E-state index contributed by atoms with van der Waals surface area (Å²) in [4.78, 5) is 32.7. The molecule has 4 aromatic rings. The van der Waals surface area contributed by atoms with E-state index in [0.29, 0.717) is 27.8 Å². The third kappa shape index (κ3) is 5.58. The van der Waals surface area contributed by atoms with Gasteiger partial charge in [-0.3, -0.25) is 4.79 Å². The monoisotopic (exact) mass is 555 g/mol. The maximum Gasteiger partial charge on any atom is 0.338 e. The summed E-state index contributed by atoms with van der Waals surface area (Å²) in [5, 5.41) is 8.07. The van der Waals surface area contributed by atoms with Crippen molar-refractivity contribution in [2.45, 2.75) is 44.6 Å². The molecule has 1 saturated carbocycles. The van der Waals surface area contributed by atoms with Gasteiger partial charge in [-0.1, -0.05) is 29.8 Å². The first kappa shape index (κ1) is 26.1. The minimum atomic E-state index is -0.273. The quantitative estimate of drug-likeness (QED) is 0.274. The van der Waals surface area contributed by atoms with Crippen LogP contribution >= 0.6 is 11.6 Å². The van der Waals surface area contributed by atoms with E-state index >= 15 is 0 Å². The Bertz CT molecular complexity index is 1520. The third-order valence-electron chi connectivity index (χ3n) is 7.52. The van der Waals surface area contributed by atoms with Crippen LogP contribution in [0.25, 0.3) is 5.69 Å². The van der Waals surface area contributed by atoms with Gasteiger partial charge in [-0.25, -0.2) is 14.5 Å². The van der Waals surface area contributed by atoms with Gasteiger partial charge in [0.25, 0.3) is 5.91 Å². The maximum absolute atomic E-state index is 13.2. The number of anilines is 2. The molecule has 40 heavy (non-hydrogen) atoms. The molecule has 1 aliphatic heterocycles. The van der Waals surface area contributed by atoms with Gasteiger partial charge in [0.15, 0.2) is 0 Å². The highest BCUT2D eigenvalue weighted by atomic mass is 35.5. The molecule has 0 radical (unpaired) electrons. The minimum absolute atomic E-state index is 0.107. The number of halogens is 1. The Hall–Kier alpha value is -4.17. The predicted octanol–water partition coefficient (Wildman–Crippen LogP) is 6.18. The number of nitrogens with zero attached hydrogens (tertiary/aromatic N) is 4. The Morgan fingerprint density at radius 3 is 2.40 bits per heavy atom. The molecule has 2 aliphatic rings. The number of piperidine rings is 1. The number of nitrogens with one attached hydrogen (secondary N) is 1. The van der Waals surface area contributed by atoms with Crippen LogP contribution in [-0.2, 0) is 4.74 Å². The van der Waals surface area contributed by atoms with Crippen molar-refractivity contribution in [1.29, 1.82) is 0 Å². The fraction of sp³-hybridized carbons (Fsp3) is 0.290. The van der Waals surface area contributed by atoms with Gasteiger partial charge in [0.2, 0.25) is 0 Å². The van der Waals surface area contributed by atoms with E-state index in [1.54, 1.807) is 41.3 Å². The van der Waals surface area contributed by atoms with Crippen LogP contribution in [0.1, 0.15) is 63.6 Å². The smallest absolute Gasteiger partial charge is 0.338 e. The van der Waals surface area contributed by atoms with E-state index in [0.717, 1.165) is 61.5 Å². The summed E-state index contributed by atoms with van der Waals surface area (Å²) in [6.45, 7) is 3.39. The standard InChI is InChI=1S/C31H30ClN5O3/c1-20-28(19-34-37(20)25-11-9-23(32)10-12-25)30(38)35-24-17-27(21-7-8-21)29(33-18-24)36-15-13-26(14-16-36)40-31(39)22-5-3-2-4-6-22/h2-6,9-12,17-19,21,26H,7-8,13-16H2,1H3,(H,35,38). The predicted molar refractivity (Wildman–Crippen MR) is 155 cm³/mol. The van der Waals surface area contributed by atoms with E-state index in [9.17, 15) is 9.59 Å². The van der Waals surface area contributed by atoms with Gasteiger partial charge < -0.3 is 15.0 Å². The second kappa shape index (κ2) is 11.1. The lowest BCUT2D eigenvalue weighted by molar-refractivity contribution is 0.0244. The molecule has 2 aromatic heterocycles. The number of ether oxygens (including phenoxy) is 1. The molecule has 9 heteroatoms. The number of carbonyl (C=O) groups is 2. The summed E-state index contributed by atoms with van der Waals surface area (Å²) < 4.78 is 7.48. The zero-order valence-corrected chi connectivity index (χ0v) is 23.0. The van der Waals surface area contributed by atoms with Crippen molar-refractivity contribution in [3.63, 3.8) is 0 Å². The summed E-state index contributed by atoms with van der Waals surface area (Å²) in [7, 11) is 0. The van der Waals surface area contributed by atoms with E-state index < -0.39 is 0 Å². The van der Waals surface area contributed by atoms with E-state index in [2.05, 4.69) is 21.4 Å². The largest absolute Gasteiger partial charge is 0.459 e. The lowest BCUT2D eigenvalue weighted by Crippen LogP contribution is -2.38. The molecule has 204 valence electrons. The molecule has 0 bridgehead atoms. The normalized spacial score (nSPS) is 15.6. The Morgan fingerprint density at radius 1 is 0.975 bits per heavy atom. The molecule has 0 unspecified atom stereocenters. The first-order valence-electron chi connectivity index (χ1n) is 13.6. The summed E-state index contributed by atoms with van der Waals surface area (Å²) in [5.41, 5.74) is 4.48. The number of aromatic nitrogens is 3. The number of benzene rings is 2. The molecule has 2 fully saturated rings. The molecule has 1 amide bonds. The lowest BCUT2D eigenvalue weighted by Gasteiger charge is -2.33. The summed E-state index contributed by atoms with van der Waals surface area (Å²) in [6.07, 6.45) is 6.93. The van der Waals surface area contributed by atoms with Gasteiger partial charge >= 0.3 is 5.97 Å². The second-order valence-electron chi connectivity index (χ2n) is 10.4. The fourth-order valence-corrected chi connectivity index (χ4v) is 5.28. The maximum atomic E-state index is 13.2. The summed E-state index contributed by atoms with van der Waals surface area (Å²) >= 11 is 6.01. The van der Waals surface area contributed by atoms with Crippen molar-refractivity contribution < 1.29 is 14.3 Å². The van der Waals surface area contributed by atoms with E-state index in [1.807, 2.05) is 37.3 Å². The molecular weight excluding hydrogens is 526 g/mol. The lowest BCUT2D eigenvalue weighted by atomic mass is 10.0. The average Bonchev–Trinajstić information content (AvgIpc) is 3.76. The third-order valence-corrected chi connectivity index (χ3v) is 7.77. The Kier molecular flexibility index (Phi) is 7.26. The first-order valence-corrected chi connectivity index (χ1v) is 14.0. The molecule has 6 rings (SSSR count). The highest BCUT2D eigenvalue weighted by Gasteiger charge is 2.31. The van der Waals surface area contributed by atoms with Gasteiger partial charge in [0.1, 0.15) is 11.9 Å². The summed E-state index contributed by atoms with van der Waals surface area (Å²) in [5.74, 6) is 0.905. The molecule has 1 N–H and O–H groups in total. The average molecular weight is 556 g/mol. The van der Waals surface area contributed by atoms with Crippen LogP contribution in [0.2, 0.25) is 5.02 Å². The van der Waals surface area contributed by atoms with Gasteiger partial charge in [0, 0.05) is 31.0 Å². The fourth-order valence-electron chi connectivity index (χ4n) is 5.15. The number of carbonyl (C=O) groups excluding carboxylic acids is 2. The van der Waals surface area contributed by atoms with E-state index in [4.69, 9.17) is 21.3 Å². The van der Waals surface area contributed by atoms with Crippen LogP contribution in [0.15, 0.2) is 73.1 Å². The van der Waals surface area contributed by atoms with Gasteiger partial charge in [-0.2, -0.15) is 5.10 Å². The molecule has 0 spiro atoms. The van der Waals surface area contributed by atoms with Crippen LogP contribution in [0, 0.1) is 6.92 Å². The Balaban J connectivity index is 1.12. The van der Waals surface area contributed by atoms with Crippen molar-refractivity contribution >= 4 is 35.0 Å². The van der Waals surface area contributed by atoms with Gasteiger partial charge in [-0.05, 0) is 73.7 Å². The number of rotatable bonds is 7. The second-order valence-corrected chi connectivity index (χ2v) is 10.8. The van der Waals surface area contributed by atoms with E-state index in [-0.39, 0.29) is 18.0 Å². The topological polar surface area (TPSA) is 89.3 Å². The summed E-state index contributed by atoms with van der Waals surface area (Å²) in [6, 6.07) is 18.5. The number of amides is 1. The zero-order chi connectivity index (χ0) is 27.6. The molecule has 1 aliphatic carbocycles. The number of pyridine rings is 1. The number of esters is 1. The molecule has 8 nitrogen and oxygen atoms in total. The molecule has 0 atom stereocenters. The number of hydrogen-bond donors (Lipinski definition) is 1. The van der Waals surface area contributed by atoms with E-state index in [1.165, 1.54) is 0 Å². The minimum Gasteiger partial charge on any atom is -0.459 e. The van der Waals surface area contributed by atoms with Crippen LogP contribution < -0.4 is 10.2 Å². The van der Waals surface area contributed by atoms with Crippen molar-refractivity contribution in [2.24, 2.45) is 0 Å². The molecule has 3 heterocycles.